The molecule has 0 amide bonds. The Labute approximate surface area is 184 Å². The van der Waals surface area contributed by atoms with E-state index in [9.17, 15) is 19.6 Å². The molecule has 2 aromatic rings. The van der Waals surface area contributed by atoms with Gasteiger partial charge >= 0.3 is 0 Å². The molecule has 0 aromatic heterocycles. The van der Waals surface area contributed by atoms with E-state index in [0.29, 0.717) is 11.1 Å². The molecule has 1 fully saturated rings. The first-order chi connectivity index (χ1) is 14.1. The van der Waals surface area contributed by atoms with Gasteiger partial charge in [0.15, 0.2) is 17.3 Å². The van der Waals surface area contributed by atoms with Crippen LogP contribution in [0.25, 0.3) is 0 Å². The first kappa shape index (κ1) is 22.6. The summed E-state index contributed by atoms with van der Waals surface area (Å²) in [5, 5.41) is 10.4. The van der Waals surface area contributed by atoms with Gasteiger partial charge in [0.05, 0.1) is 10.0 Å². The smallest absolute Gasteiger partial charge is 0.225 e. The minimum absolute atomic E-state index is 0.0245. The summed E-state index contributed by atoms with van der Waals surface area (Å²) in [6.45, 7) is 3.60. The maximum atomic E-state index is 13.2. The molecule has 1 aliphatic carbocycles. The van der Waals surface area contributed by atoms with E-state index in [0.717, 1.165) is 0 Å². The maximum absolute atomic E-state index is 13.2. The van der Waals surface area contributed by atoms with Crippen molar-refractivity contribution >= 4 is 40.6 Å². The zero-order chi connectivity index (χ0) is 22.1. The zero-order valence-electron chi connectivity index (χ0n) is 16.7. The molecular weight excluding hydrogens is 427 g/mol. The quantitative estimate of drug-likeness (QED) is 0.271. The Kier molecular flexibility index (Phi) is 6.48. The lowest BCUT2D eigenvalue weighted by atomic mass is 9.62. The Balaban J connectivity index is 2.12. The first-order valence-electron chi connectivity index (χ1n) is 9.53. The normalized spacial score (nSPS) is 18.8. The van der Waals surface area contributed by atoms with Crippen LogP contribution in [0.1, 0.15) is 54.9 Å². The molecule has 1 unspecified atom stereocenters. The van der Waals surface area contributed by atoms with Crippen molar-refractivity contribution in [3.05, 3.63) is 69.7 Å². The van der Waals surface area contributed by atoms with Crippen molar-refractivity contribution in [3.8, 4) is 0 Å². The van der Waals surface area contributed by atoms with Gasteiger partial charge in [0.2, 0.25) is 5.60 Å². The molecule has 0 bridgehead atoms. The molecule has 0 aliphatic heterocycles. The third-order valence-corrected chi connectivity index (χ3v) is 6.31. The molecule has 1 N–H and O–H groups in total. The summed E-state index contributed by atoms with van der Waals surface area (Å²) >= 11 is 12.2. The van der Waals surface area contributed by atoms with Gasteiger partial charge in [-0.3, -0.25) is 19.6 Å². The summed E-state index contributed by atoms with van der Waals surface area (Å²) < 4.78 is 0. The average Bonchev–Trinajstić information content (AvgIpc) is 2.69. The summed E-state index contributed by atoms with van der Waals surface area (Å²) in [6, 6.07) is 13.1. The lowest BCUT2D eigenvalue weighted by Gasteiger charge is -2.42. The van der Waals surface area contributed by atoms with Gasteiger partial charge in [-0.05, 0) is 23.1 Å². The van der Waals surface area contributed by atoms with Crippen molar-refractivity contribution in [2.75, 3.05) is 0 Å². The van der Waals surface area contributed by atoms with Crippen LogP contribution in [0.2, 0.25) is 10.0 Å². The van der Waals surface area contributed by atoms with E-state index in [-0.39, 0.29) is 35.1 Å². The second kappa shape index (κ2) is 8.60. The number of halogens is 2. The van der Waals surface area contributed by atoms with Crippen LogP contribution in [-0.2, 0) is 14.5 Å². The number of rotatable bonds is 6. The van der Waals surface area contributed by atoms with Crippen LogP contribution in [0.5, 0.6) is 0 Å². The topological polar surface area (TPSA) is 80.7 Å². The van der Waals surface area contributed by atoms with E-state index in [2.05, 4.69) is 0 Å². The Morgan fingerprint density at radius 1 is 1.03 bits per heavy atom. The summed E-state index contributed by atoms with van der Waals surface area (Å²) in [6.07, 6.45) is -0.187. The highest BCUT2D eigenvalue weighted by Crippen LogP contribution is 2.46. The second-order valence-corrected chi connectivity index (χ2v) is 9.22. The van der Waals surface area contributed by atoms with Gasteiger partial charge in [0.1, 0.15) is 0 Å². The Bertz CT molecular complexity index is 964. The third-order valence-electron chi connectivity index (χ3n) is 5.57. The average molecular weight is 449 g/mol. The van der Waals surface area contributed by atoms with Crippen LogP contribution < -0.4 is 0 Å². The molecule has 2 aromatic carbocycles. The molecule has 1 atom stereocenters. The highest BCUT2D eigenvalue weighted by Gasteiger charge is 2.59. The van der Waals surface area contributed by atoms with Crippen LogP contribution in [0, 0.1) is 5.41 Å². The minimum Gasteiger partial charge on any atom is -0.296 e. The van der Waals surface area contributed by atoms with Crippen LogP contribution >= 0.6 is 23.2 Å². The summed E-state index contributed by atoms with van der Waals surface area (Å²) in [4.78, 5) is 44.1. The van der Waals surface area contributed by atoms with E-state index in [1.807, 2.05) is 0 Å². The molecule has 3 rings (SSSR count). The zero-order valence-corrected chi connectivity index (χ0v) is 18.2. The predicted molar refractivity (Wildman–Crippen MR) is 114 cm³/mol. The number of carbonyl (C=O) groups excluding carboxylic acids is 3. The van der Waals surface area contributed by atoms with Crippen LogP contribution in [0.4, 0.5) is 0 Å². The first-order valence-corrected chi connectivity index (χ1v) is 10.3. The molecule has 0 heterocycles. The molecule has 1 aliphatic rings. The number of hydrogen-bond donors (Lipinski definition) is 1. The van der Waals surface area contributed by atoms with Crippen LogP contribution in [0.15, 0.2) is 48.5 Å². The van der Waals surface area contributed by atoms with Crippen molar-refractivity contribution in [3.63, 3.8) is 0 Å². The molecule has 0 saturated heterocycles. The molecule has 158 valence electrons. The Morgan fingerprint density at radius 2 is 1.63 bits per heavy atom. The van der Waals surface area contributed by atoms with Gasteiger partial charge in [-0.2, -0.15) is 0 Å². The van der Waals surface area contributed by atoms with E-state index < -0.39 is 28.5 Å². The number of ketones is 3. The Hall–Kier alpha value is -2.05. The van der Waals surface area contributed by atoms with Gasteiger partial charge in [-0.25, -0.2) is 4.89 Å². The fourth-order valence-corrected chi connectivity index (χ4v) is 4.36. The van der Waals surface area contributed by atoms with Gasteiger partial charge < -0.3 is 0 Å². The van der Waals surface area contributed by atoms with Crippen molar-refractivity contribution in [2.24, 2.45) is 5.41 Å². The lowest BCUT2D eigenvalue weighted by molar-refractivity contribution is -0.309. The monoisotopic (exact) mass is 448 g/mol. The van der Waals surface area contributed by atoms with Gasteiger partial charge in [0, 0.05) is 30.7 Å². The number of Topliss-reactive ketones (excluding diaryl/α,β-unsaturated/α-hetero) is 3. The summed E-state index contributed by atoms with van der Waals surface area (Å²) in [7, 11) is 0. The molecule has 5 nitrogen and oxygen atoms in total. The molecule has 0 radical (unpaired) electrons. The molecule has 30 heavy (non-hydrogen) atoms. The van der Waals surface area contributed by atoms with Crippen molar-refractivity contribution in [2.45, 2.75) is 44.6 Å². The standard InChI is InChI=1S/C23H22Cl2O5/c1-22(2)12-20(27)23(30-29,21(28)13-22)16(15-8-9-17(24)18(25)10-15)11-19(26)14-6-4-3-5-7-14/h3-10,16,29H,11-13H2,1-2H3. The maximum Gasteiger partial charge on any atom is 0.225 e. The van der Waals surface area contributed by atoms with E-state index in [1.54, 1.807) is 50.2 Å². The molecule has 1 saturated carbocycles. The van der Waals surface area contributed by atoms with Gasteiger partial charge in [-0.1, -0.05) is 73.4 Å². The van der Waals surface area contributed by atoms with Gasteiger partial charge in [0.25, 0.3) is 0 Å². The fraction of sp³-hybridized carbons (Fsp3) is 0.348. The summed E-state index contributed by atoms with van der Waals surface area (Å²) in [5.41, 5.74) is -1.92. The Morgan fingerprint density at radius 3 is 2.17 bits per heavy atom. The van der Waals surface area contributed by atoms with Crippen molar-refractivity contribution in [1.29, 1.82) is 0 Å². The predicted octanol–water partition coefficient (Wildman–Crippen LogP) is 5.54. The summed E-state index contributed by atoms with van der Waals surface area (Å²) in [5.74, 6) is -2.50. The number of carbonyl (C=O) groups is 3. The molecule has 0 spiro atoms. The van der Waals surface area contributed by atoms with Crippen molar-refractivity contribution in [1.82, 2.24) is 0 Å². The third kappa shape index (κ3) is 4.21. The van der Waals surface area contributed by atoms with Crippen molar-refractivity contribution < 1.29 is 24.5 Å². The van der Waals surface area contributed by atoms with E-state index >= 15 is 0 Å². The van der Waals surface area contributed by atoms with E-state index in [4.69, 9.17) is 28.1 Å². The minimum atomic E-state index is -2.18. The van der Waals surface area contributed by atoms with Gasteiger partial charge in [-0.15, -0.1) is 0 Å². The van der Waals surface area contributed by atoms with Crippen LogP contribution in [0.3, 0.4) is 0 Å². The molecule has 7 heteroatoms. The highest BCUT2D eigenvalue weighted by molar-refractivity contribution is 6.42. The second-order valence-electron chi connectivity index (χ2n) is 8.41. The largest absolute Gasteiger partial charge is 0.296 e. The molecular formula is C23H22Cl2O5. The van der Waals surface area contributed by atoms with E-state index in [1.165, 1.54) is 12.1 Å². The lowest BCUT2D eigenvalue weighted by Crippen LogP contribution is -2.58. The fourth-order valence-electron chi connectivity index (χ4n) is 4.06. The SMILES string of the molecule is CC1(C)CC(=O)C(OO)(C(CC(=O)c2ccccc2)c2ccc(Cl)c(Cl)c2)C(=O)C1. The highest BCUT2D eigenvalue weighted by atomic mass is 35.5. The van der Waals surface area contributed by atoms with Crippen LogP contribution in [-0.4, -0.2) is 28.2 Å². The number of hydrogen-bond acceptors (Lipinski definition) is 5. The number of benzene rings is 2.